The van der Waals surface area contributed by atoms with Gasteiger partial charge in [-0.3, -0.25) is 0 Å². The van der Waals surface area contributed by atoms with Crippen molar-refractivity contribution < 1.29 is 9.53 Å². The molecule has 0 N–H and O–H groups in total. The summed E-state index contributed by atoms with van der Waals surface area (Å²) in [5.74, 6) is 0.217. The first-order valence-corrected chi connectivity index (χ1v) is 3.95. The molecule has 13 heavy (non-hydrogen) atoms. The molecule has 64 valence electrons. The Hall–Kier alpha value is -1.83. The highest BCUT2D eigenvalue weighted by Gasteiger charge is 2.19. The minimum absolute atomic E-state index is 0.362. The van der Waals surface area contributed by atoms with E-state index in [9.17, 15) is 4.79 Å². The molecular formula is C11H8O2. The smallest absolute Gasteiger partial charge is 0.343 e. The molecule has 0 bridgehead atoms. The van der Waals surface area contributed by atoms with Gasteiger partial charge in [0.2, 0.25) is 0 Å². The number of ether oxygens (including phenoxy) is 1. The van der Waals surface area contributed by atoms with Crippen molar-refractivity contribution in [3.8, 4) is 0 Å². The Morgan fingerprint density at radius 1 is 1.15 bits per heavy atom. The number of cyclic esters (lactones) is 1. The highest BCUT2D eigenvalue weighted by atomic mass is 16.5. The van der Waals surface area contributed by atoms with Crippen molar-refractivity contribution in [1.29, 1.82) is 0 Å². The molecule has 1 aromatic carbocycles. The maximum absolute atomic E-state index is 11.0. The van der Waals surface area contributed by atoms with E-state index in [4.69, 9.17) is 4.74 Å². The van der Waals surface area contributed by atoms with Crippen molar-refractivity contribution in [1.82, 2.24) is 0 Å². The van der Waals surface area contributed by atoms with Gasteiger partial charge in [-0.15, -0.1) is 0 Å². The number of rotatable bonds is 1. The fourth-order valence-electron chi connectivity index (χ4n) is 1.16. The summed E-state index contributed by atoms with van der Waals surface area (Å²) in [5, 5.41) is 0. The highest BCUT2D eigenvalue weighted by Crippen LogP contribution is 2.24. The third-order valence-corrected chi connectivity index (χ3v) is 1.83. The van der Waals surface area contributed by atoms with E-state index in [1.54, 1.807) is 6.08 Å². The molecule has 1 aromatic rings. The summed E-state index contributed by atoms with van der Waals surface area (Å²) in [5.41, 5.74) is 1.30. The Bertz CT molecular complexity index is 388. The van der Waals surface area contributed by atoms with Crippen LogP contribution in [-0.2, 0) is 9.53 Å². The lowest BCUT2D eigenvalue weighted by atomic mass is 10.2. The average Bonchev–Trinajstić information content (AvgIpc) is 2.49. The highest BCUT2D eigenvalue weighted by molar-refractivity contribution is 6.00. The second kappa shape index (κ2) is 2.90. The molecule has 0 amide bonds. The normalized spacial score (nSPS) is 15.5. The van der Waals surface area contributed by atoms with Gasteiger partial charge in [-0.05, 0) is 6.08 Å². The lowest BCUT2D eigenvalue weighted by Crippen LogP contribution is -1.95. The molecule has 2 nitrogen and oxygen atoms in total. The lowest BCUT2D eigenvalue weighted by Gasteiger charge is -1.99. The van der Waals surface area contributed by atoms with Crippen molar-refractivity contribution in [3.05, 3.63) is 54.1 Å². The number of carbonyl (C=O) groups is 1. The van der Waals surface area contributed by atoms with E-state index in [2.05, 4.69) is 6.58 Å². The van der Waals surface area contributed by atoms with Crippen LogP contribution in [0.5, 0.6) is 0 Å². The minimum atomic E-state index is -0.362. The van der Waals surface area contributed by atoms with Crippen LogP contribution in [0.4, 0.5) is 0 Å². The number of hydrogen-bond acceptors (Lipinski definition) is 2. The molecule has 1 heterocycles. The molecule has 2 heteroatoms. The molecule has 0 spiro atoms. The zero-order valence-electron chi connectivity index (χ0n) is 6.99. The molecule has 1 aliphatic heterocycles. The maximum atomic E-state index is 11.0. The minimum Gasteiger partial charge on any atom is -0.422 e. The standard InChI is InChI=1S/C11H8O2/c1-8-7-10(13-11(8)12)9-5-3-2-4-6-9/h2-7H,1H2. The van der Waals surface area contributed by atoms with E-state index < -0.39 is 0 Å². The molecule has 0 saturated carbocycles. The lowest BCUT2D eigenvalue weighted by molar-refractivity contribution is -0.130. The topological polar surface area (TPSA) is 26.3 Å². The van der Waals surface area contributed by atoms with Gasteiger partial charge in [0.1, 0.15) is 5.76 Å². The monoisotopic (exact) mass is 172 g/mol. The van der Waals surface area contributed by atoms with Crippen LogP contribution >= 0.6 is 0 Å². The summed E-state index contributed by atoms with van der Waals surface area (Å²) in [6.07, 6.45) is 1.65. The number of esters is 1. The van der Waals surface area contributed by atoms with Crippen molar-refractivity contribution in [2.45, 2.75) is 0 Å². The summed E-state index contributed by atoms with van der Waals surface area (Å²) in [6, 6.07) is 9.47. The Labute approximate surface area is 76.1 Å². The molecule has 0 saturated heterocycles. The summed E-state index contributed by atoms with van der Waals surface area (Å²) in [4.78, 5) is 11.0. The predicted molar refractivity (Wildman–Crippen MR) is 49.7 cm³/mol. The molecule has 0 radical (unpaired) electrons. The Morgan fingerprint density at radius 3 is 2.38 bits per heavy atom. The Kier molecular flexibility index (Phi) is 1.74. The molecular weight excluding hydrogens is 164 g/mol. The van der Waals surface area contributed by atoms with Crippen LogP contribution in [0.3, 0.4) is 0 Å². The molecule has 0 fully saturated rings. The van der Waals surface area contributed by atoms with Gasteiger partial charge in [0.25, 0.3) is 0 Å². The fourth-order valence-corrected chi connectivity index (χ4v) is 1.16. The average molecular weight is 172 g/mol. The molecule has 0 unspecified atom stereocenters. The van der Waals surface area contributed by atoms with Crippen LogP contribution < -0.4 is 0 Å². The largest absolute Gasteiger partial charge is 0.422 e. The van der Waals surface area contributed by atoms with Gasteiger partial charge in [0.15, 0.2) is 0 Å². The van der Waals surface area contributed by atoms with Gasteiger partial charge in [0, 0.05) is 5.56 Å². The van der Waals surface area contributed by atoms with Crippen molar-refractivity contribution in [3.63, 3.8) is 0 Å². The van der Waals surface area contributed by atoms with E-state index in [0.29, 0.717) is 11.3 Å². The van der Waals surface area contributed by atoms with Crippen LogP contribution in [0.25, 0.3) is 5.76 Å². The van der Waals surface area contributed by atoms with Gasteiger partial charge in [-0.1, -0.05) is 36.9 Å². The molecule has 0 aromatic heterocycles. The van der Waals surface area contributed by atoms with Crippen molar-refractivity contribution in [2.24, 2.45) is 0 Å². The van der Waals surface area contributed by atoms with Gasteiger partial charge in [-0.2, -0.15) is 0 Å². The Balaban J connectivity index is 2.35. The van der Waals surface area contributed by atoms with Crippen LogP contribution in [0.2, 0.25) is 0 Å². The van der Waals surface area contributed by atoms with E-state index in [1.165, 1.54) is 0 Å². The summed E-state index contributed by atoms with van der Waals surface area (Å²) < 4.78 is 4.98. The number of hydrogen-bond donors (Lipinski definition) is 0. The van der Waals surface area contributed by atoms with Crippen LogP contribution in [0, 0.1) is 0 Å². The predicted octanol–water partition coefficient (Wildman–Crippen LogP) is 2.14. The summed E-state index contributed by atoms with van der Waals surface area (Å²) >= 11 is 0. The second-order valence-electron chi connectivity index (χ2n) is 2.79. The number of benzene rings is 1. The van der Waals surface area contributed by atoms with E-state index >= 15 is 0 Å². The quantitative estimate of drug-likeness (QED) is 0.479. The molecule has 0 aliphatic carbocycles. The van der Waals surface area contributed by atoms with Gasteiger partial charge >= 0.3 is 5.97 Å². The number of carbonyl (C=O) groups excluding carboxylic acids is 1. The molecule has 1 aliphatic rings. The van der Waals surface area contributed by atoms with Crippen molar-refractivity contribution >= 4 is 11.7 Å². The fraction of sp³-hybridized carbons (Fsp3) is 0. The zero-order valence-corrected chi connectivity index (χ0v) is 6.99. The SMILES string of the molecule is C=C1C=C(c2ccccc2)OC1=O. The first-order chi connectivity index (χ1) is 6.27. The van der Waals surface area contributed by atoms with E-state index in [-0.39, 0.29) is 5.97 Å². The second-order valence-corrected chi connectivity index (χ2v) is 2.79. The van der Waals surface area contributed by atoms with Crippen LogP contribution in [-0.4, -0.2) is 5.97 Å². The first kappa shape index (κ1) is 7.80. The third kappa shape index (κ3) is 1.38. The van der Waals surface area contributed by atoms with E-state index in [1.807, 2.05) is 30.3 Å². The van der Waals surface area contributed by atoms with Crippen LogP contribution in [0.1, 0.15) is 5.56 Å². The molecule has 0 atom stereocenters. The summed E-state index contributed by atoms with van der Waals surface area (Å²) in [7, 11) is 0. The van der Waals surface area contributed by atoms with Gasteiger partial charge in [0.05, 0.1) is 5.57 Å². The van der Waals surface area contributed by atoms with Gasteiger partial charge in [-0.25, -0.2) is 4.79 Å². The summed E-state index contributed by atoms with van der Waals surface area (Å²) in [6.45, 7) is 3.56. The Morgan fingerprint density at radius 2 is 1.85 bits per heavy atom. The van der Waals surface area contributed by atoms with Crippen LogP contribution in [0.15, 0.2) is 48.6 Å². The third-order valence-electron chi connectivity index (χ3n) is 1.83. The zero-order chi connectivity index (χ0) is 9.26. The molecule has 2 rings (SSSR count). The van der Waals surface area contributed by atoms with E-state index in [0.717, 1.165) is 5.56 Å². The van der Waals surface area contributed by atoms with Crippen molar-refractivity contribution in [2.75, 3.05) is 0 Å². The van der Waals surface area contributed by atoms with Gasteiger partial charge < -0.3 is 4.74 Å². The first-order valence-electron chi connectivity index (χ1n) is 3.95. The maximum Gasteiger partial charge on any atom is 0.343 e.